The number of halogens is 2. The zero-order valence-corrected chi connectivity index (χ0v) is 8.71. The molecule has 0 aliphatic heterocycles. The first kappa shape index (κ1) is 11.6. The Kier molecular flexibility index (Phi) is 3.77. The van der Waals surface area contributed by atoms with Gasteiger partial charge >= 0.3 is 0 Å². The highest BCUT2D eigenvalue weighted by Gasteiger charge is 2.08. The molecular formula is C11H13F2NO. The molecule has 0 atom stereocenters. The molecule has 0 fully saturated rings. The third kappa shape index (κ3) is 3.31. The second-order valence-corrected chi connectivity index (χ2v) is 3.37. The number of Topliss-reactive ketones (excluding diaryl/α,β-unsaturated/α-hetero) is 1. The van der Waals surface area contributed by atoms with Gasteiger partial charge in [-0.2, -0.15) is 0 Å². The number of carbonyl (C=O) groups excluding carboxylic acids is 1. The van der Waals surface area contributed by atoms with Crippen molar-refractivity contribution in [3.05, 3.63) is 29.8 Å². The van der Waals surface area contributed by atoms with Crippen LogP contribution >= 0.6 is 0 Å². The Morgan fingerprint density at radius 1 is 1.33 bits per heavy atom. The fourth-order valence-electron chi connectivity index (χ4n) is 1.26. The third-order valence-electron chi connectivity index (χ3n) is 2.13. The standard InChI is InChI=1S/C11H13F2NO/c1-8(15)9-3-5-10(6-4-9)14(2)7-11(12)13/h3-6,11H,7H2,1-2H3. The molecule has 0 spiro atoms. The summed E-state index contributed by atoms with van der Waals surface area (Å²) in [4.78, 5) is 12.4. The topological polar surface area (TPSA) is 20.3 Å². The molecule has 0 saturated heterocycles. The number of hydrogen-bond acceptors (Lipinski definition) is 2. The average Bonchev–Trinajstić information content (AvgIpc) is 2.17. The van der Waals surface area contributed by atoms with Gasteiger partial charge in [-0.1, -0.05) is 0 Å². The van der Waals surface area contributed by atoms with Gasteiger partial charge in [0.1, 0.15) is 0 Å². The van der Waals surface area contributed by atoms with E-state index in [0.717, 1.165) is 0 Å². The molecular weight excluding hydrogens is 200 g/mol. The van der Waals surface area contributed by atoms with Gasteiger partial charge in [-0.15, -0.1) is 0 Å². The highest BCUT2D eigenvalue weighted by atomic mass is 19.3. The van der Waals surface area contributed by atoms with Crippen molar-refractivity contribution < 1.29 is 13.6 Å². The molecule has 0 aliphatic carbocycles. The molecule has 0 N–H and O–H groups in total. The van der Waals surface area contributed by atoms with Gasteiger partial charge in [0.15, 0.2) is 5.78 Å². The fourth-order valence-corrected chi connectivity index (χ4v) is 1.26. The van der Waals surface area contributed by atoms with E-state index in [9.17, 15) is 13.6 Å². The molecule has 1 rings (SSSR count). The van der Waals surface area contributed by atoms with E-state index in [1.54, 1.807) is 31.3 Å². The van der Waals surface area contributed by atoms with Gasteiger partial charge in [0, 0.05) is 18.3 Å². The lowest BCUT2D eigenvalue weighted by Gasteiger charge is -2.18. The monoisotopic (exact) mass is 213 g/mol. The highest BCUT2D eigenvalue weighted by Crippen LogP contribution is 2.15. The van der Waals surface area contributed by atoms with Crippen molar-refractivity contribution in [2.45, 2.75) is 13.3 Å². The Balaban J connectivity index is 2.75. The second kappa shape index (κ2) is 4.87. The summed E-state index contributed by atoms with van der Waals surface area (Å²) < 4.78 is 24.2. The molecule has 1 aromatic carbocycles. The molecule has 2 nitrogen and oxygen atoms in total. The van der Waals surface area contributed by atoms with E-state index in [1.165, 1.54) is 11.8 Å². The van der Waals surface area contributed by atoms with Gasteiger partial charge in [0.25, 0.3) is 6.43 Å². The van der Waals surface area contributed by atoms with E-state index in [2.05, 4.69) is 0 Å². The smallest absolute Gasteiger partial charge is 0.255 e. The number of anilines is 1. The number of ketones is 1. The van der Waals surface area contributed by atoms with Crippen LogP contribution in [0.2, 0.25) is 0 Å². The van der Waals surface area contributed by atoms with E-state index in [1.807, 2.05) is 0 Å². The number of alkyl halides is 2. The molecule has 0 amide bonds. The molecule has 0 aromatic heterocycles. The van der Waals surface area contributed by atoms with E-state index >= 15 is 0 Å². The minimum Gasteiger partial charge on any atom is -0.369 e. The van der Waals surface area contributed by atoms with Crippen LogP contribution in [0, 0.1) is 0 Å². The molecule has 0 aliphatic rings. The number of carbonyl (C=O) groups is 1. The lowest BCUT2D eigenvalue weighted by atomic mass is 10.1. The molecule has 0 saturated carbocycles. The van der Waals surface area contributed by atoms with Crippen LogP contribution in [0.5, 0.6) is 0 Å². The summed E-state index contributed by atoms with van der Waals surface area (Å²) in [5.74, 6) is -0.0296. The van der Waals surface area contributed by atoms with Crippen molar-refractivity contribution in [3.8, 4) is 0 Å². The Morgan fingerprint density at radius 2 is 1.87 bits per heavy atom. The number of rotatable bonds is 4. The SMILES string of the molecule is CC(=O)c1ccc(N(C)CC(F)F)cc1. The summed E-state index contributed by atoms with van der Waals surface area (Å²) in [5.41, 5.74) is 1.27. The number of benzene rings is 1. The van der Waals surface area contributed by atoms with Crippen LogP contribution in [0.15, 0.2) is 24.3 Å². The molecule has 0 radical (unpaired) electrons. The van der Waals surface area contributed by atoms with Gasteiger partial charge in [0.05, 0.1) is 6.54 Å². The first-order valence-corrected chi connectivity index (χ1v) is 4.61. The Bertz CT molecular complexity index is 335. The van der Waals surface area contributed by atoms with Crippen LogP contribution in [0.25, 0.3) is 0 Å². The average molecular weight is 213 g/mol. The second-order valence-electron chi connectivity index (χ2n) is 3.37. The van der Waals surface area contributed by atoms with Crippen LogP contribution in [0.1, 0.15) is 17.3 Å². The Morgan fingerprint density at radius 3 is 2.27 bits per heavy atom. The normalized spacial score (nSPS) is 10.5. The minimum absolute atomic E-state index is 0.0296. The van der Waals surface area contributed by atoms with E-state index < -0.39 is 6.43 Å². The molecule has 0 heterocycles. The van der Waals surface area contributed by atoms with Crippen molar-refractivity contribution in [2.24, 2.45) is 0 Å². The first-order chi connectivity index (χ1) is 7.00. The number of nitrogens with zero attached hydrogens (tertiary/aromatic N) is 1. The molecule has 0 bridgehead atoms. The van der Waals surface area contributed by atoms with Crippen LogP contribution < -0.4 is 4.90 Å². The molecule has 0 unspecified atom stereocenters. The largest absolute Gasteiger partial charge is 0.369 e. The molecule has 15 heavy (non-hydrogen) atoms. The van der Waals surface area contributed by atoms with Crippen molar-refractivity contribution in [2.75, 3.05) is 18.5 Å². The maximum absolute atomic E-state index is 12.1. The van der Waals surface area contributed by atoms with Gasteiger partial charge < -0.3 is 4.90 Å². The van der Waals surface area contributed by atoms with Crippen molar-refractivity contribution in [3.63, 3.8) is 0 Å². The summed E-state index contributed by atoms with van der Waals surface area (Å²) >= 11 is 0. The predicted molar refractivity (Wildman–Crippen MR) is 55.7 cm³/mol. The highest BCUT2D eigenvalue weighted by molar-refractivity contribution is 5.94. The Labute approximate surface area is 87.5 Å². The third-order valence-corrected chi connectivity index (χ3v) is 2.13. The molecule has 82 valence electrons. The van der Waals surface area contributed by atoms with Gasteiger partial charge in [-0.05, 0) is 31.2 Å². The van der Waals surface area contributed by atoms with Gasteiger partial charge in [-0.3, -0.25) is 4.79 Å². The Hall–Kier alpha value is -1.45. The zero-order chi connectivity index (χ0) is 11.4. The molecule has 4 heteroatoms. The van der Waals surface area contributed by atoms with Gasteiger partial charge in [-0.25, -0.2) is 8.78 Å². The van der Waals surface area contributed by atoms with Crippen molar-refractivity contribution >= 4 is 11.5 Å². The van der Waals surface area contributed by atoms with E-state index in [4.69, 9.17) is 0 Å². The van der Waals surface area contributed by atoms with Crippen LogP contribution in [0.4, 0.5) is 14.5 Å². The van der Waals surface area contributed by atoms with E-state index in [0.29, 0.717) is 11.3 Å². The number of hydrogen-bond donors (Lipinski definition) is 0. The van der Waals surface area contributed by atoms with Crippen LogP contribution in [-0.4, -0.2) is 25.8 Å². The van der Waals surface area contributed by atoms with Crippen LogP contribution in [0.3, 0.4) is 0 Å². The fraction of sp³-hybridized carbons (Fsp3) is 0.364. The van der Waals surface area contributed by atoms with E-state index in [-0.39, 0.29) is 12.3 Å². The summed E-state index contributed by atoms with van der Waals surface area (Å²) in [7, 11) is 1.59. The molecule has 1 aromatic rings. The van der Waals surface area contributed by atoms with Crippen LogP contribution in [-0.2, 0) is 0 Å². The maximum Gasteiger partial charge on any atom is 0.255 e. The lowest BCUT2D eigenvalue weighted by molar-refractivity contribution is 0.101. The van der Waals surface area contributed by atoms with Gasteiger partial charge in [0.2, 0.25) is 0 Å². The quantitative estimate of drug-likeness (QED) is 0.716. The minimum atomic E-state index is -2.36. The summed E-state index contributed by atoms with van der Waals surface area (Å²) in [6, 6.07) is 6.61. The summed E-state index contributed by atoms with van der Waals surface area (Å²) in [6.45, 7) is 1.16. The zero-order valence-electron chi connectivity index (χ0n) is 8.71. The maximum atomic E-state index is 12.1. The van der Waals surface area contributed by atoms with Crippen molar-refractivity contribution in [1.29, 1.82) is 0 Å². The summed E-state index contributed by atoms with van der Waals surface area (Å²) in [5, 5.41) is 0. The first-order valence-electron chi connectivity index (χ1n) is 4.61. The predicted octanol–water partition coefficient (Wildman–Crippen LogP) is 2.59. The van der Waals surface area contributed by atoms with Crippen molar-refractivity contribution in [1.82, 2.24) is 0 Å². The lowest BCUT2D eigenvalue weighted by Crippen LogP contribution is -2.23. The summed E-state index contributed by atoms with van der Waals surface area (Å²) in [6.07, 6.45) is -2.36.